The van der Waals surface area contributed by atoms with Crippen LogP contribution in [-0.4, -0.2) is 114 Å². The summed E-state index contributed by atoms with van der Waals surface area (Å²) in [5.41, 5.74) is -5.37. The molecule has 3 fully saturated rings. The molecule has 0 spiro atoms. The fourth-order valence-electron chi connectivity index (χ4n) is 9.91. The summed E-state index contributed by atoms with van der Waals surface area (Å²) in [5, 5.41) is 77.1. The Labute approximate surface area is 268 Å². The average molecular weight is 649 g/mol. The molecule has 4 aliphatic carbocycles. The summed E-state index contributed by atoms with van der Waals surface area (Å²) in [7, 11) is 0. The first-order chi connectivity index (χ1) is 21.5. The topological polar surface area (TPSA) is 203 Å². The van der Waals surface area contributed by atoms with E-state index in [2.05, 4.69) is 6.08 Å². The zero-order chi connectivity index (χ0) is 33.6. The van der Waals surface area contributed by atoms with E-state index in [1.54, 1.807) is 13.0 Å². The minimum atomic E-state index is -1.97. The van der Waals surface area contributed by atoms with Crippen molar-refractivity contribution in [3.05, 3.63) is 34.9 Å². The van der Waals surface area contributed by atoms with E-state index in [1.807, 2.05) is 19.9 Å². The summed E-state index contributed by atoms with van der Waals surface area (Å²) >= 11 is 0. The van der Waals surface area contributed by atoms with Crippen LogP contribution >= 0.6 is 0 Å². The zero-order valence-electron chi connectivity index (χ0n) is 26.9. The number of allylic oxidation sites excluding steroid dienone is 4. The molecule has 0 aromatic carbocycles. The molecule has 12 heteroatoms. The second kappa shape index (κ2) is 11.3. The van der Waals surface area contributed by atoms with Crippen LogP contribution in [0.5, 0.6) is 0 Å². The van der Waals surface area contributed by atoms with Crippen molar-refractivity contribution in [1.29, 1.82) is 0 Å². The molecule has 1 saturated heterocycles. The third-order valence-electron chi connectivity index (χ3n) is 13.1. The minimum Gasteiger partial charge on any atom is -0.455 e. The Bertz CT molecular complexity index is 1370. The number of ether oxygens (including phenoxy) is 3. The van der Waals surface area contributed by atoms with Crippen LogP contribution in [0.4, 0.5) is 0 Å². The molecule has 0 radical (unpaired) electrons. The van der Waals surface area contributed by atoms with Crippen molar-refractivity contribution in [1.82, 2.24) is 0 Å². The quantitative estimate of drug-likeness (QED) is 0.154. The molecule has 2 aliphatic heterocycles. The highest BCUT2D eigenvalue weighted by atomic mass is 16.7. The van der Waals surface area contributed by atoms with Gasteiger partial charge in [0, 0.05) is 11.8 Å². The molecule has 0 bridgehead atoms. The largest absolute Gasteiger partial charge is 0.455 e. The number of aliphatic hydroxyl groups is 7. The number of hydrogen-bond donors (Lipinski definition) is 7. The third kappa shape index (κ3) is 4.45. The van der Waals surface area contributed by atoms with Crippen LogP contribution < -0.4 is 0 Å². The Morgan fingerprint density at radius 3 is 2.43 bits per heavy atom. The van der Waals surface area contributed by atoms with Crippen molar-refractivity contribution in [2.45, 2.75) is 126 Å². The number of fused-ring (bicyclic) bond motifs is 5. The van der Waals surface area contributed by atoms with Crippen LogP contribution in [0.3, 0.4) is 0 Å². The van der Waals surface area contributed by atoms with Gasteiger partial charge in [-0.15, -0.1) is 0 Å². The zero-order valence-corrected chi connectivity index (χ0v) is 26.9. The molecule has 6 aliphatic rings. The molecular weight excluding hydrogens is 600 g/mol. The smallest absolute Gasteiger partial charge is 0.336 e. The fraction of sp³-hybridized carbons (Fsp3) is 0.765. The van der Waals surface area contributed by atoms with Crippen molar-refractivity contribution in [2.75, 3.05) is 13.2 Å². The van der Waals surface area contributed by atoms with Crippen molar-refractivity contribution in [3.8, 4) is 0 Å². The lowest BCUT2D eigenvalue weighted by Gasteiger charge is -2.63. The van der Waals surface area contributed by atoms with E-state index in [9.17, 15) is 45.3 Å². The summed E-state index contributed by atoms with van der Waals surface area (Å²) in [6.07, 6.45) is -0.432. The van der Waals surface area contributed by atoms with Crippen LogP contribution in [0.1, 0.15) is 72.6 Å². The third-order valence-corrected chi connectivity index (χ3v) is 13.1. The van der Waals surface area contributed by atoms with Gasteiger partial charge in [0.2, 0.25) is 0 Å². The van der Waals surface area contributed by atoms with Gasteiger partial charge in [-0.1, -0.05) is 30.2 Å². The van der Waals surface area contributed by atoms with Gasteiger partial charge >= 0.3 is 5.97 Å². The normalized spacial score (nSPS) is 48.6. The van der Waals surface area contributed by atoms with E-state index in [0.717, 1.165) is 5.57 Å². The summed E-state index contributed by atoms with van der Waals surface area (Å²) in [6.45, 7) is 5.89. The second-order valence-electron chi connectivity index (χ2n) is 15.0. The van der Waals surface area contributed by atoms with Crippen LogP contribution in [-0.2, 0) is 23.8 Å². The van der Waals surface area contributed by atoms with Gasteiger partial charge in [0.25, 0.3) is 0 Å². The number of carbonyl (C=O) groups excluding carboxylic acids is 2. The van der Waals surface area contributed by atoms with Crippen molar-refractivity contribution in [3.63, 3.8) is 0 Å². The number of esters is 1. The van der Waals surface area contributed by atoms with Gasteiger partial charge < -0.3 is 50.0 Å². The molecule has 46 heavy (non-hydrogen) atoms. The fourth-order valence-corrected chi connectivity index (χ4v) is 9.91. The van der Waals surface area contributed by atoms with E-state index in [4.69, 9.17) is 14.2 Å². The van der Waals surface area contributed by atoms with Crippen molar-refractivity contribution in [2.24, 2.45) is 22.7 Å². The number of carbonyl (C=O) groups is 2. The highest BCUT2D eigenvalue weighted by molar-refractivity contribution is 5.98. The van der Waals surface area contributed by atoms with E-state index < -0.39 is 77.0 Å². The Balaban J connectivity index is 1.21. The maximum Gasteiger partial charge on any atom is 0.336 e. The minimum absolute atomic E-state index is 0.0369. The maximum absolute atomic E-state index is 13.3. The molecule has 2 saturated carbocycles. The van der Waals surface area contributed by atoms with E-state index >= 15 is 0 Å². The molecule has 12 nitrogen and oxygen atoms in total. The first-order valence-electron chi connectivity index (χ1n) is 16.4. The Kier molecular flexibility index (Phi) is 8.31. The maximum atomic E-state index is 13.3. The van der Waals surface area contributed by atoms with Crippen LogP contribution in [0.25, 0.3) is 0 Å². The lowest BCUT2D eigenvalue weighted by atomic mass is 9.44. The van der Waals surface area contributed by atoms with Gasteiger partial charge in [-0.25, -0.2) is 4.79 Å². The molecule has 256 valence electrons. The molecule has 0 unspecified atom stereocenters. The number of ketones is 1. The molecular formula is C34H48O12. The number of hydrogen-bond acceptors (Lipinski definition) is 12. The summed E-state index contributed by atoms with van der Waals surface area (Å²) in [5.74, 6) is -1.18. The molecule has 0 aromatic heterocycles. The summed E-state index contributed by atoms with van der Waals surface area (Å²) < 4.78 is 16.7. The van der Waals surface area contributed by atoms with E-state index in [0.29, 0.717) is 31.3 Å². The van der Waals surface area contributed by atoms with Gasteiger partial charge in [-0.3, -0.25) is 4.79 Å². The molecule has 6 rings (SSSR count). The van der Waals surface area contributed by atoms with Gasteiger partial charge in [-0.2, -0.15) is 0 Å². The van der Waals surface area contributed by atoms with Crippen molar-refractivity contribution >= 4 is 11.8 Å². The second-order valence-corrected chi connectivity index (χ2v) is 15.0. The number of cyclic esters (lactones) is 1. The highest BCUT2D eigenvalue weighted by Gasteiger charge is 2.76. The standard InChI is InChI=1S/C34H48O12/c1-17-14-24(46-28(40)19(17)16-44-29-27(39)26(38)25(37)22(15-35)45-29)32(4,41)34(43)13-12-33(42)21-9-8-18-6-5-7-23(36)31(18,3)20(21)10-11-30(33,34)2/h5,7-8,20-22,24-27,29,35,37-39,41-43H,6,9-16H2,1-4H3/t20-,21+,22+,24+,25+,26-,27+,29+,30-,31-,32-,33+,34+/m0/s1. The van der Waals surface area contributed by atoms with E-state index in [-0.39, 0.29) is 49.1 Å². The predicted molar refractivity (Wildman–Crippen MR) is 161 cm³/mol. The number of aliphatic hydroxyl groups excluding tert-OH is 4. The monoisotopic (exact) mass is 648 g/mol. The van der Waals surface area contributed by atoms with Crippen LogP contribution in [0.2, 0.25) is 0 Å². The van der Waals surface area contributed by atoms with Gasteiger partial charge in [-0.05, 0) is 77.2 Å². The van der Waals surface area contributed by atoms with Crippen molar-refractivity contribution < 1.29 is 59.5 Å². The molecule has 7 N–H and O–H groups in total. The van der Waals surface area contributed by atoms with Crippen LogP contribution in [0, 0.1) is 22.7 Å². The number of rotatable bonds is 6. The van der Waals surface area contributed by atoms with Crippen LogP contribution in [0.15, 0.2) is 34.9 Å². The average Bonchev–Trinajstić information content (AvgIpc) is 3.24. The molecule has 0 amide bonds. The first kappa shape index (κ1) is 33.9. The van der Waals surface area contributed by atoms with Gasteiger partial charge in [0.1, 0.15) is 41.7 Å². The van der Waals surface area contributed by atoms with Gasteiger partial charge in [0.05, 0.1) is 29.8 Å². The SMILES string of the molecule is CC1=C(CO[C@@H]2O[C@H](CO)[C@@H](O)[C@H](O)[C@H]2O)C(=O)O[C@@H]([C@](C)(O)[C@@]2(O)CC[C@@]3(O)[C@@H]4CC=C5CC=CC(=O)[C@]5(C)[C@H]4CC[C@]23C)C1. The molecule has 0 aromatic rings. The summed E-state index contributed by atoms with van der Waals surface area (Å²) in [6, 6.07) is 0. The van der Waals surface area contributed by atoms with Gasteiger partial charge in [0.15, 0.2) is 12.1 Å². The Morgan fingerprint density at radius 1 is 1.04 bits per heavy atom. The molecule has 2 heterocycles. The molecule has 13 atom stereocenters. The Morgan fingerprint density at radius 2 is 1.76 bits per heavy atom. The Hall–Kier alpha value is -2.00. The lowest BCUT2D eigenvalue weighted by molar-refractivity contribution is -0.299. The highest BCUT2D eigenvalue weighted by Crippen LogP contribution is 2.70. The first-order valence-corrected chi connectivity index (χ1v) is 16.4. The predicted octanol–water partition coefficient (Wildman–Crippen LogP) is 0.340. The lowest BCUT2D eigenvalue weighted by Crippen LogP contribution is -2.72. The van der Waals surface area contributed by atoms with E-state index in [1.165, 1.54) is 6.92 Å². The summed E-state index contributed by atoms with van der Waals surface area (Å²) in [4.78, 5) is 26.6.